The fraction of sp³-hybridized carbons (Fsp3) is 0.133. The molecule has 0 aliphatic carbocycles. The van der Waals surface area contributed by atoms with E-state index in [0.29, 0.717) is 18.7 Å². The van der Waals surface area contributed by atoms with Crippen LogP contribution in [0.25, 0.3) is 0 Å². The Balaban J connectivity index is 2.02. The minimum absolute atomic E-state index is 0.0665. The van der Waals surface area contributed by atoms with Crippen molar-refractivity contribution in [3.05, 3.63) is 68.8 Å². The number of rotatable bonds is 4. The molecule has 0 fully saturated rings. The first kappa shape index (κ1) is 14.0. The summed E-state index contributed by atoms with van der Waals surface area (Å²) in [6.45, 7) is 0.980. The van der Waals surface area contributed by atoms with Gasteiger partial charge in [0.1, 0.15) is 0 Å². The molecule has 0 heterocycles. The Morgan fingerprint density at radius 2 is 1.68 bits per heavy atom. The van der Waals surface area contributed by atoms with E-state index >= 15 is 0 Å². The van der Waals surface area contributed by atoms with E-state index in [1.807, 2.05) is 48.5 Å². The van der Waals surface area contributed by atoms with Gasteiger partial charge in [-0.25, -0.2) is 0 Å². The number of carbonyl (C=O) groups excluding carboxylic acids is 1. The second kappa shape index (κ2) is 6.68. The lowest BCUT2D eigenvalue weighted by Gasteiger charge is -2.09. The monoisotopic (exact) mass is 366 g/mol. The first-order valence-corrected chi connectivity index (χ1v) is 7.09. The molecule has 2 aromatic carbocycles. The van der Waals surface area contributed by atoms with E-state index in [4.69, 9.17) is 5.73 Å². The van der Waals surface area contributed by atoms with Gasteiger partial charge in [0.25, 0.3) is 5.91 Å². The smallest absolute Gasteiger partial charge is 0.251 e. The standard InChI is InChI=1S/C15H15IN2O/c16-14-7-5-11(6-8-14)15(19)18-10-13-4-2-1-3-12(13)9-17/h1-8H,9-10,17H2,(H,18,19). The Morgan fingerprint density at radius 1 is 1.05 bits per heavy atom. The summed E-state index contributed by atoms with van der Waals surface area (Å²) in [5.74, 6) is -0.0665. The van der Waals surface area contributed by atoms with Gasteiger partial charge >= 0.3 is 0 Å². The number of halogens is 1. The highest BCUT2D eigenvalue weighted by Crippen LogP contribution is 2.09. The van der Waals surface area contributed by atoms with Crippen LogP contribution in [0, 0.1) is 3.57 Å². The molecule has 0 atom stereocenters. The van der Waals surface area contributed by atoms with Crippen LogP contribution in [0.5, 0.6) is 0 Å². The van der Waals surface area contributed by atoms with Crippen LogP contribution < -0.4 is 11.1 Å². The van der Waals surface area contributed by atoms with Crippen molar-refractivity contribution in [3.63, 3.8) is 0 Å². The molecule has 0 aromatic heterocycles. The second-order valence-electron chi connectivity index (χ2n) is 4.16. The molecule has 0 unspecified atom stereocenters. The quantitative estimate of drug-likeness (QED) is 0.818. The lowest BCUT2D eigenvalue weighted by atomic mass is 10.1. The van der Waals surface area contributed by atoms with Crippen molar-refractivity contribution in [2.24, 2.45) is 5.73 Å². The number of carbonyl (C=O) groups is 1. The van der Waals surface area contributed by atoms with Crippen LogP contribution in [0.2, 0.25) is 0 Å². The molecule has 2 aromatic rings. The SMILES string of the molecule is NCc1ccccc1CNC(=O)c1ccc(I)cc1. The van der Waals surface area contributed by atoms with Crippen molar-refractivity contribution >= 4 is 28.5 Å². The summed E-state index contributed by atoms with van der Waals surface area (Å²) in [6, 6.07) is 15.4. The maximum absolute atomic E-state index is 12.0. The topological polar surface area (TPSA) is 55.1 Å². The zero-order chi connectivity index (χ0) is 13.7. The summed E-state index contributed by atoms with van der Waals surface area (Å²) in [4.78, 5) is 12.0. The molecule has 3 N–H and O–H groups in total. The Bertz CT molecular complexity index is 567. The van der Waals surface area contributed by atoms with Crippen LogP contribution in [0.4, 0.5) is 0 Å². The van der Waals surface area contributed by atoms with Gasteiger partial charge in [-0.1, -0.05) is 24.3 Å². The van der Waals surface area contributed by atoms with E-state index in [1.165, 1.54) is 0 Å². The van der Waals surface area contributed by atoms with Crippen molar-refractivity contribution in [1.82, 2.24) is 5.32 Å². The summed E-state index contributed by atoms with van der Waals surface area (Å²) in [7, 11) is 0. The van der Waals surface area contributed by atoms with Gasteiger partial charge < -0.3 is 11.1 Å². The average molecular weight is 366 g/mol. The molecule has 98 valence electrons. The third-order valence-electron chi connectivity index (χ3n) is 2.88. The van der Waals surface area contributed by atoms with Gasteiger partial charge in [-0.3, -0.25) is 4.79 Å². The van der Waals surface area contributed by atoms with Crippen LogP contribution in [0.1, 0.15) is 21.5 Å². The Kier molecular flexibility index (Phi) is 4.93. The molecule has 19 heavy (non-hydrogen) atoms. The van der Waals surface area contributed by atoms with Crippen LogP contribution >= 0.6 is 22.6 Å². The molecule has 0 spiro atoms. The number of nitrogens with two attached hydrogens (primary N) is 1. The molecule has 0 saturated carbocycles. The summed E-state index contributed by atoms with van der Waals surface area (Å²) < 4.78 is 1.11. The third kappa shape index (κ3) is 3.78. The molecule has 0 saturated heterocycles. The Hall–Kier alpha value is -1.40. The highest BCUT2D eigenvalue weighted by molar-refractivity contribution is 14.1. The summed E-state index contributed by atoms with van der Waals surface area (Å²) in [5, 5.41) is 2.91. The highest BCUT2D eigenvalue weighted by atomic mass is 127. The Labute approximate surface area is 126 Å². The minimum Gasteiger partial charge on any atom is -0.348 e. The van der Waals surface area contributed by atoms with Crippen molar-refractivity contribution < 1.29 is 4.79 Å². The Morgan fingerprint density at radius 3 is 2.32 bits per heavy atom. The van der Waals surface area contributed by atoms with Crippen molar-refractivity contribution in [1.29, 1.82) is 0 Å². The molecule has 4 heteroatoms. The minimum atomic E-state index is -0.0665. The molecule has 0 bridgehead atoms. The number of hydrogen-bond donors (Lipinski definition) is 2. The van der Waals surface area contributed by atoms with Gasteiger partial charge in [0.15, 0.2) is 0 Å². The van der Waals surface area contributed by atoms with Gasteiger partial charge in [0.05, 0.1) is 0 Å². The van der Waals surface area contributed by atoms with Gasteiger partial charge in [0.2, 0.25) is 0 Å². The normalized spacial score (nSPS) is 10.2. The molecular formula is C15H15IN2O. The molecule has 2 rings (SSSR count). The number of benzene rings is 2. The fourth-order valence-corrected chi connectivity index (χ4v) is 2.17. The lowest BCUT2D eigenvalue weighted by Crippen LogP contribution is -2.23. The highest BCUT2D eigenvalue weighted by Gasteiger charge is 2.06. The second-order valence-corrected chi connectivity index (χ2v) is 5.41. The van der Waals surface area contributed by atoms with E-state index < -0.39 is 0 Å². The molecule has 0 radical (unpaired) electrons. The van der Waals surface area contributed by atoms with Crippen molar-refractivity contribution in [3.8, 4) is 0 Å². The molecule has 0 aliphatic heterocycles. The van der Waals surface area contributed by atoms with E-state index in [2.05, 4.69) is 27.9 Å². The maximum Gasteiger partial charge on any atom is 0.251 e. The van der Waals surface area contributed by atoms with Gasteiger partial charge in [0, 0.05) is 22.2 Å². The zero-order valence-electron chi connectivity index (χ0n) is 10.4. The summed E-state index contributed by atoms with van der Waals surface area (Å²) in [6.07, 6.45) is 0. The first-order valence-electron chi connectivity index (χ1n) is 6.01. The predicted molar refractivity (Wildman–Crippen MR) is 84.7 cm³/mol. The van der Waals surface area contributed by atoms with Crippen LogP contribution in [-0.4, -0.2) is 5.91 Å². The zero-order valence-corrected chi connectivity index (χ0v) is 12.6. The van der Waals surface area contributed by atoms with Crippen molar-refractivity contribution in [2.75, 3.05) is 0 Å². The molecular weight excluding hydrogens is 351 g/mol. The van der Waals surface area contributed by atoms with Crippen LogP contribution in [-0.2, 0) is 13.1 Å². The lowest BCUT2D eigenvalue weighted by molar-refractivity contribution is 0.0951. The summed E-state index contributed by atoms with van der Waals surface area (Å²) >= 11 is 2.21. The number of amides is 1. The number of hydrogen-bond acceptors (Lipinski definition) is 2. The fourth-order valence-electron chi connectivity index (χ4n) is 1.81. The number of nitrogens with one attached hydrogen (secondary N) is 1. The molecule has 1 amide bonds. The predicted octanol–water partition coefficient (Wildman–Crippen LogP) is 2.68. The summed E-state index contributed by atoms with van der Waals surface area (Å²) in [5.41, 5.74) is 8.46. The molecule has 0 aliphatic rings. The largest absolute Gasteiger partial charge is 0.348 e. The average Bonchev–Trinajstić information content (AvgIpc) is 2.45. The maximum atomic E-state index is 12.0. The van der Waals surface area contributed by atoms with Gasteiger partial charge in [-0.15, -0.1) is 0 Å². The van der Waals surface area contributed by atoms with E-state index in [1.54, 1.807) is 0 Å². The van der Waals surface area contributed by atoms with E-state index in [0.717, 1.165) is 14.7 Å². The molecule has 3 nitrogen and oxygen atoms in total. The third-order valence-corrected chi connectivity index (χ3v) is 3.60. The first-order chi connectivity index (χ1) is 9.20. The van der Waals surface area contributed by atoms with Gasteiger partial charge in [-0.2, -0.15) is 0 Å². The van der Waals surface area contributed by atoms with Crippen LogP contribution in [0.15, 0.2) is 48.5 Å². The van der Waals surface area contributed by atoms with E-state index in [9.17, 15) is 4.79 Å². The van der Waals surface area contributed by atoms with Crippen LogP contribution in [0.3, 0.4) is 0 Å². The van der Waals surface area contributed by atoms with E-state index in [-0.39, 0.29) is 5.91 Å². The van der Waals surface area contributed by atoms with Gasteiger partial charge in [-0.05, 0) is 58.0 Å². The van der Waals surface area contributed by atoms with Crippen molar-refractivity contribution in [2.45, 2.75) is 13.1 Å².